The lowest BCUT2D eigenvalue weighted by Gasteiger charge is -2.31. The lowest BCUT2D eigenvalue weighted by molar-refractivity contribution is 0.248. The zero-order valence-electron chi connectivity index (χ0n) is 8.68. The minimum Gasteiger partial charge on any atom is -0.327 e. The van der Waals surface area contributed by atoms with Gasteiger partial charge >= 0.3 is 0 Å². The molecule has 0 radical (unpaired) electrons. The molecule has 1 unspecified atom stereocenters. The number of nitrogens with two attached hydrogens (primary N) is 1. The van der Waals surface area contributed by atoms with Crippen LogP contribution < -0.4 is 5.73 Å². The summed E-state index contributed by atoms with van der Waals surface area (Å²) in [6.45, 7) is 2.33. The van der Waals surface area contributed by atoms with E-state index in [1.807, 2.05) is 0 Å². The molecule has 1 saturated carbocycles. The Morgan fingerprint density at radius 3 is 2.62 bits per heavy atom. The summed E-state index contributed by atoms with van der Waals surface area (Å²) in [5.74, 6) is 2.67. The third-order valence-electron chi connectivity index (χ3n) is 3.48. The van der Waals surface area contributed by atoms with Gasteiger partial charge in [-0.2, -0.15) is 0 Å². The van der Waals surface area contributed by atoms with Crippen molar-refractivity contribution in [2.24, 2.45) is 11.1 Å². The highest BCUT2D eigenvalue weighted by atomic mass is 14.7. The van der Waals surface area contributed by atoms with Crippen molar-refractivity contribution in [2.75, 3.05) is 0 Å². The van der Waals surface area contributed by atoms with E-state index in [2.05, 4.69) is 12.8 Å². The van der Waals surface area contributed by atoms with Crippen molar-refractivity contribution in [3.63, 3.8) is 0 Å². The molecular weight excluding hydrogens is 158 g/mol. The van der Waals surface area contributed by atoms with Gasteiger partial charge in [0.15, 0.2) is 0 Å². The topological polar surface area (TPSA) is 26.0 Å². The van der Waals surface area contributed by atoms with Crippen LogP contribution >= 0.6 is 0 Å². The van der Waals surface area contributed by atoms with Crippen LogP contribution in [0.1, 0.15) is 51.9 Å². The van der Waals surface area contributed by atoms with Crippen LogP contribution in [0.5, 0.6) is 0 Å². The van der Waals surface area contributed by atoms with Gasteiger partial charge in [0.1, 0.15) is 0 Å². The largest absolute Gasteiger partial charge is 0.327 e. The first-order valence-corrected chi connectivity index (χ1v) is 5.38. The summed E-state index contributed by atoms with van der Waals surface area (Å²) in [7, 11) is 0. The zero-order chi connectivity index (χ0) is 9.73. The van der Waals surface area contributed by atoms with E-state index in [-0.39, 0.29) is 0 Å². The molecule has 0 aromatic rings. The van der Waals surface area contributed by atoms with Crippen molar-refractivity contribution in [3.05, 3.63) is 0 Å². The Balaban J connectivity index is 2.29. The third kappa shape index (κ3) is 2.74. The number of unbranched alkanes of at least 4 members (excludes halogenated alkanes) is 1. The van der Waals surface area contributed by atoms with Gasteiger partial charge in [0.2, 0.25) is 0 Å². The Bertz CT molecular complexity index is 184. The second-order valence-corrected chi connectivity index (χ2v) is 4.56. The summed E-state index contributed by atoms with van der Waals surface area (Å²) in [6, 6.07) is 0.364. The first kappa shape index (κ1) is 10.6. The molecule has 0 aromatic carbocycles. The molecule has 0 bridgehead atoms. The van der Waals surface area contributed by atoms with Crippen LogP contribution in [0.15, 0.2) is 0 Å². The molecular formula is C12H21N. The zero-order valence-corrected chi connectivity index (χ0v) is 8.68. The molecule has 0 heterocycles. The van der Waals surface area contributed by atoms with E-state index in [9.17, 15) is 0 Å². The molecule has 1 nitrogen and oxygen atoms in total. The quantitative estimate of drug-likeness (QED) is 0.521. The van der Waals surface area contributed by atoms with E-state index in [4.69, 9.17) is 12.2 Å². The molecule has 0 amide bonds. The predicted molar refractivity (Wildman–Crippen MR) is 57.2 cm³/mol. The van der Waals surface area contributed by atoms with E-state index in [0.717, 1.165) is 19.3 Å². The molecule has 74 valence electrons. The SMILES string of the molecule is C#CCCCC(N)C1(C)CCCC1. The van der Waals surface area contributed by atoms with Gasteiger partial charge in [0.05, 0.1) is 0 Å². The molecule has 1 aliphatic carbocycles. The molecule has 1 rings (SSSR count). The van der Waals surface area contributed by atoms with Gasteiger partial charge in [-0.1, -0.05) is 19.8 Å². The van der Waals surface area contributed by atoms with Crippen LogP contribution in [0.4, 0.5) is 0 Å². The van der Waals surface area contributed by atoms with E-state index in [1.165, 1.54) is 25.7 Å². The molecule has 2 N–H and O–H groups in total. The van der Waals surface area contributed by atoms with Crippen molar-refractivity contribution >= 4 is 0 Å². The summed E-state index contributed by atoms with van der Waals surface area (Å²) in [4.78, 5) is 0. The standard InChI is InChI=1S/C12H21N/c1-3-4-5-8-11(13)12(2)9-6-7-10-12/h1,11H,4-10,13H2,2H3. The van der Waals surface area contributed by atoms with E-state index < -0.39 is 0 Å². The molecule has 0 aromatic heterocycles. The average Bonchev–Trinajstić information content (AvgIpc) is 2.54. The lowest BCUT2D eigenvalue weighted by Crippen LogP contribution is -2.37. The minimum atomic E-state index is 0.364. The minimum absolute atomic E-state index is 0.364. The van der Waals surface area contributed by atoms with Crippen molar-refractivity contribution in [1.82, 2.24) is 0 Å². The van der Waals surface area contributed by atoms with Gasteiger partial charge in [-0.25, -0.2) is 0 Å². The molecule has 1 heteroatoms. The van der Waals surface area contributed by atoms with Crippen LogP contribution in [0.2, 0.25) is 0 Å². The summed E-state index contributed by atoms with van der Waals surface area (Å²) in [5, 5.41) is 0. The summed E-state index contributed by atoms with van der Waals surface area (Å²) >= 11 is 0. The van der Waals surface area contributed by atoms with Gasteiger partial charge in [0.25, 0.3) is 0 Å². The van der Waals surface area contributed by atoms with Gasteiger partial charge in [-0.3, -0.25) is 0 Å². The molecule has 1 fully saturated rings. The average molecular weight is 179 g/mol. The maximum Gasteiger partial charge on any atom is 0.00932 e. The third-order valence-corrected chi connectivity index (χ3v) is 3.48. The number of terminal acetylenes is 1. The molecule has 1 aliphatic rings. The predicted octanol–water partition coefficient (Wildman–Crippen LogP) is 2.70. The number of hydrogen-bond donors (Lipinski definition) is 1. The molecule has 0 saturated heterocycles. The fraction of sp³-hybridized carbons (Fsp3) is 0.833. The Morgan fingerprint density at radius 2 is 2.08 bits per heavy atom. The first-order valence-electron chi connectivity index (χ1n) is 5.38. The van der Waals surface area contributed by atoms with Gasteiger partial charge in [-0.15, -0.1) is 12.3 Å². The highest BCUT2D eigenvalue weighted by Crippen LogP contribution is 2.40. The van der Waals surface area contributed by atoms with E-state index >= 15 is 0 Å². The summed E-state index contributed by atoms with van der Waals surface area (Å²) < 4.78 is 0. The Kier molecular flexibility index (Phi) is 3.81. The van der Waals surface area contributed by atoms with Crippen molar-refractivity contribution < 1.29 is 0 Å². The Morgan fingerprint density at radius 1 is 1.46 bits per heavy atom. The second kappa shape index (κ2) is 4.67. The van der Waals surface area contributed by atoms with Gasteiger partial charge in [-0.05, 0) is 31.1 Å². The highest BCUT2D eigenvalue weighted by Gasteiger charge is 2.33. The fourth-order valence-corrected chi connectivity index (χ4v) is 2.33. The van der Waals surface area contributed by atoms with Crippen LogP contribution in [0.3, 0.4) is 0 Å². The molecule has 0 aliphatic heterocycles. The smallest absolute Gasteiger partial charge is 0.00932 e. The van der Waals surface area contributed by atoms with Crippen LogP contribution in [0, 0.1) is 17.8 Å². The van der Waals surface area contributed by atoms with E-state index in [0.29, 0.717) is 11.5 Å². The lowest BCUT2D eigenvalue weighted by atomic mass is 9.79. The maximum absolute atomic E-state index is 6.19. The van der Waals surface area contributed by atoms with E-state index in [1.54, 1.807) is 0 Å². The monoisotopic (exact) mass is 179 g/mol. The van der Waals surface area contributed by atoms with Crippen LogP contribution in [-0.2, 0) is 0 Å². The maximum atomic E-state index is 6.19. The summed E-state index contributed by atoms with van der Waals surface area (Å²) in [5.41, 5.74) is 6.60. The highest BCUT2D eigenvalue weighted by molar-refractivity contribution is 4.91. The Hall–Kier alpha value is -0.480. The second-order valence-electron chi connectivity index (χ2n) is 4.56. The van der Waals surface area contributed by atoms with Gasteiger partial charge in [0, 0.05) is 12.5 Å². The normalized spacial score (nSPS) is 22.5. The van der Waals surface area contributed by atoms with Crippen molar-refractivity contribution in [2.45, 2.75) is 57.9 Å². The van der Waals surface area contributed by atoms with Crippen molar-refractivity contribution in [1.29, 1.82) is 0 Å². The van der Waals surface area contributed by atoms with Crippen molar-refractivity contribution in [3.8, 4) is 12.3 Å². The first-order chi connectivity index (χ1) is 6.19. The van der Waals surface area contributed by atoms with Crippen LogP contribution in [-0.4, -0.2) is 6.04 Å². The molecule has 1 atom stereocenters. The fourth-order valence-electron chi connectivity index (χ4n) is 2.33. The van der Waals surface area contributed by atoms with Gasteiger partial charge < -0.3 is 5.73 Å². The Labute approximate surface area is 82.1 Å². The molecule has 0 spiro atoms. The number of hydrogen-bond acceptors (Lipinski definition) is 1. The summed E-state index contributed by atoms with van der Waals surface area (Å²) in [6.07, 6.45) is 13.6. The number of rotatable bonds is 4. The van der Waals surface area contributed by atoms with Crippen LogP contribution in [0.25, 0.3) is 0 Å². The molecule has 13 heavy (non-hydrogen) atoms.